The molecule has 4 nitrogen and oxygen atoms in total. The van der Waals surface area contributed by atoms with Crippen LogP contribution >= 0.6 is 11.6 Å². The Hall–Kier alpha value is -2.90. The lowest BCUT2D eigenvalue weighted by atomic mass is 10.0. The average Bonchev–Trinajstić information content (AvgIpc) is 2.65. The molecule has 0 aliphatic rings. The lowest BCUT2D eigenvalue weighted by Crippen LogP contribution is -2.08. The summed E-state index contributed by atoms with van der Waals surface area (Å²) in [4.78, 5) is 17.1. The van der Waals surface area contributed by atoms with E-state index in [0.29, 0.717) is 29.1 Å². The maximum absolute atomic E-state index is 12.5. The van der Waals surface area contributed by atoms with Gasteiger partial charge in [0.25, 0.3) is 0 Å². The topological polar surface area (TPSA) is 63.0 Å². The molecule has 5 heteroatoms. The number of para-hydroxylation sites is 1. The van der Waals surface area contributed by atoms with Gasteiger partial charge in [0.05, 0.1) is 29.5 Å². The van der Waals surface area contributed by atoms with E-state index in [0.717, 1.165) is 16.5 Å². The fourth-order valence-corrected chi connectivity index (χ4v) is 2.63. The maximum atomic E-state index is 12.5. The van der Waals surface area contributed by atoms with Crippen LogP contribution in [0.4, 0.5) is 0 Å². The number of nitrogens with zero attached hydrogens (tertiary/aromatic N) is 2. The minimum absolute atomic E-state index is 0.222. The van der Waals surface area contributed by atoms with Gasteiger partial charge in [-0.2, -0.15) is 5.26 Å². The van der Waals surface area contributed by atoms with E-state index in [1.54, 1.807) is 18.2 Å². The summed E-state index contributed by atoms with van der Waals surface area (Å²) in [5, 5.41) is 9.95. The standard InChI is InChI=1S/C20H15ClN2O2/c21-15-9-7-14(8-10-15)19-13-17(20(24)25-12-4-3-11-22)16-5-1-2-6-18(16)23-19/h1-2,5-10,13H,3-4,12H2. The molecular formula is C20H15ClN2O2. The number of halogens is 1. The van der Waals surface area contributed by atoms with Crippen molar-refractivity contribution < 1.29 is 9.53 Å². The van der Waals surface area contributed by atoms with Crippen LogP contribution in [0.5, 0.6) is 0 Å². The van der Waals surface area contributed by atoms with E-state index in [1.165, 1.54) is 0 Å². The Labute approximate surface area is 150 Å². The third-order valence-corrected chi connectivity index (χ3v) is 3.99. The SMILES string of the molecule is N#CCCCOC(=O)c1cc(-c2ccc(Cl)cc2)nc2ccccc12. The molecule has 2 aromatic carbocycles. The van der Waals surface area contributed by atoms with Crippen molar-refractivity contribution in [2.24, 2.45) is 0 Å². The number of carbonyl (C=O) groups excluding carboxylic acids is 1. The highest BCUT2D eigenvalue weighted by atomic mass is 35.5. The fourth-order valence-electron chi connectivity index (χ4n) is 2.51. The smallest absolute Gasteiger partial charge is 0.338 e. The van der Waals surface area contributed by atoms with Crippen molar-refractivity contribution in [3.05, 3.63) is 65.2 Å². The Morgan fingerprint density at radius 1 is 1.16 bits per heavy atom. The van der Waals surface area contributed by atoms with Crippen LogP contribution in [0, 0.1) is 11.3 Å². The fraction of sp³-hybridized carbons (Fsp3) is 0.150. The van der Waals surface area contributed by atoms with E-state index in [-0.39, 0.29) is 6.61 Å². The molecule has 0 saturated heterocycles. The molecule has 0 aliphatic carbocycles. The Balaban J connectivity index is 1.99. The molecule has 3 aromatic rings. The molecule has 0 spiro atoms. The molecule has 0 aliphatic heterocycles. The van der Waals surface area contributed by atoms with E-state index < -0.39 is 5.97 Å². The number of hydrogen-bond acceptors (Lipinski definition) is 4. The molecule has 3 rings (SSSR count). The lowest BCUT2D eigenvalue weighted by Gasteiger charge is -2.10. The van der Waals surface area contributed by atoms with E-state index in [1.807, 2.05) is 42.5 Å². The zero-order valence-corrected chi connectivity index (χ0v) is 14.2. The van der Waals surface area contributed by atoms with Gasteiger partial charge in [-0.3, -0.25) is 0 Å². The largest absolute Gasteiger partial charge is 0.462 e. The normalized spacial score (nSPS) is 10.4. The molecule has 1 heterocycles. The molecule has 0 atom stereocenters. The third-order valence-electron chi connectivity index (χ3n) is 3.74. The summed E-state index contributed by atoms with van der Waals surface area (Å²) in [6.07, 6.45) is 0.885. The van der Waals surface area contributed by atoms with Crippen LogP contribution in [-0.2, 0) is 4.74 Å². The van der Waals surface area contributed by atoms with Gasteiger partial charge in [0.1, 0.15) is 0 Å². The lowest BCUT2D eigenvalue weighted by molar-refractivity contribution is 0.0504. The second-order valence-electron chi connectivity index (χ2n) is 5.48. The Morgan fingerprint density at radius 2 is 1.92 bits per heavy atom. The van der Waals surface area contributed by atoms with Gasteiger partial charge in [0, 0.05) is 22.4 Å². The van der Waals surface area contributed by atoms with E-state index in [4.69, 9.17) is 21.6 Å². The van der Waals surface area contributed by atoms with Gasteiger partial charge in [-0.1, -0.05) is 41.9 Å². The number of esters is 1. The highest BCUT2D eigenvalue weighted by Crippen LogP contribution is 2.26. The molecule has 0 radical (unpaired) electrons. The first-order valence-corrected chi connectivity index (χ1v) is 8.26. The first-order chi connectivity index (χ1) is 12.2. The van der Waals surface area contributed by atoms with Gasteiger partial charge in [0.15, 0.2) is 0 Å². The van der Waals surface area contributed by atoms with Gasteiger partial charge in [-0.25, -0.2) is 9.78 Å². The predicted octanol–water partition coefficient (Wildman–Crippen LogP) is 5.02. The van der Waals surface area contributed by atoms with Gasteiger partial charge in [0.2, 0.25) is 0 Å². The summed E-state index contributed by atoms with van der Waals surface area (Å²) in [6, 6.07) is 18.5. The van der Waals surface area contributed by atoms with Crippen molar-refractivity contribution in [1.82, 2.24) is 4.98 Å². The monoisotopic (exact) mass is 350 g/mol. The highest BCUT2D eigenvalue weighted by molar-refractivity contribution is 6.30. The number of benzene rings is 2. The van der Waals surface area contributed by atoms with Crippen LogP contribution < -0.4 is 0 Å². The quantitative estimate of drug-likeness (QED) is 0.479. The Bertz CT molecular complexity index is 946. The highest BCUT2D eigenvalue weighted by Gasteiger charge is 2.15. The van der Waals surface area contributed by atoms with E-state index in [2.05, 4.69) is 4.98 Å². The minimum Gasteiger partial charge on any atom is -0.462 e. The summed E-state index contributed by atoms with van der Waals surface area (Å²) in [5.41, 5.74) is 2.74. The molecule has 0 amide bonds. The number of unbranched alkanes of at least 4 members (excludes halogenated alkanes) is 1. The number of pyridine rings is 1. The van der Waals surface area contributed by atoms with Crippen molar-refractivity contribution in [3.8, 4) is 17.3 Å². The minimum atomic E-state index is -0.410. The van der Waals surface area contributed by atoms with Crippen molar-refractivity contribution >= 4 is 28.5 Å². The number of carbonyl (C=O) groups is 1. The number of aromatic nitrogens is 1. The van der Waals surface area contributed by atoms with Crippen molar-refractivity contribution in [3.63, 3.8) is 0 Å². The Kier molecular flexibility index (Phi) is 5.27. The zero-order valence-electron chi connectivity index (χ0n) is 13.4. The zero-order chi connectivity index (χ0) is 17.6. The maximum Gasteiger partial charge on any atom is 0.338 e. The second kappa shape index (κ2) is 7.78. The van der Waals surface area contributed by atoms with Crippen molar-refractivity contribution in [2.75, 3.05) is 6.61 Å². The van der Waals surface area contributed by atoms with E-state index in [9.17, 15) is 4.79 Å². The molecule has 25 heavy (non-hydrogen) atoms. The van der Waals surface area contributed by atoms with Gasteiger partial charge in [-0.05, 0) is 30.7 Å². The average molecular weight is 351 g/mol. The van der Waals surface area contributed by atoms with E-state index >= 15 is 0 Å². The molecule has 0 bridgehead atoms. The van der Waals surface area contributed by atoms with Crippen molar-refractivity contribution in [1.29, 1.82) is 5.26 Å². The Morgan fingerprint density at radius 3 is 2.68 bits per heavy atom. The summed E-state index contributed by atoms with van der Waals surface area (Å²) in [5.74, 6) is -0.410. The molecule has 1 aromatic heterocycles. The van der Waals surface area contributed by atoms with Crippen LogP contribution in [-0.4, -0.2) is 17.6 Å². The van der Waals surface area contributed by atoms with Crippen LogP contribution in [0.15, 0.2) is 54.6 Å². The van der Waals surface area contributed by atoms with Gasteiger partial charge >= 0.3 is 5.97 Å². The number of rotatable bonds is 5. The summed E-state index contributed by atoms with van der Waals surface area (Å²) < 4.78 is 5.31. The first-order valence-electron chi connectivity index (χ1n) is 7.89. The third kappa shape index (κ3) is 3.96. The first kappa shape index (κ1) is 16.9. The molecule has 124 valence electrons. The molecule has 0 saturated carbocycles. The van der Waals surface area contributed by atoms with Gasteiger partial charge in [-0.15, -0.1) is 0 Å². The van der Waals surface area contributed by atoms with Crippen molar-refractivity contribution in [2.45, 2.75) is 12.8 Å². The van der Waals surface area contributed by atoms with Crippen LogP contribution in [0.1, 0.15) is 23.2 Å². The number of hydrogen-bond donors (Lipinski definition) is 0. The number of ether oxygens (including phenoxy) is 1. The van der Waals surface area contributed by atoms with Crippen LogP contribution in [0.2, 0.25) is 5.02 Å². The number of fused-ring (bicyclic) bond motifs is 1. The number of nitriles is 1. The molecular weight excluding hydrogens is 336 g/mol. The second-order valence-corrected chi connectivity index (χ2v) is 5.91. The van der Waals surface area contributed by atoms with Crippen LogP contribution in [0.25, 0.3) is 22.2 Å². The molecule has 0 unspecified atom stereocenters. The summed E-state index contributed by atoms with van der Waals surface area (Å²) in [7, 11) is 0. The van der Waals surface area contributed by atoms with Crippen LogP contribution in [0.3, 0.4) is 0 Å². The summed E-state index contributed by atoms with van der Waals surface area (Å²) >= 11 is 5.94. The van der Waals surface area contributed by atoms with Gasteiger partial charge < -0.3 is 4.74 Å². The molecule has 0 N–H and O–H groups in total. The predicted molar refractivity (Wildman–Crippen MR) is 97.3 cm³/mol. The molecule has 0 fully saturated rings. The summed E-state index contributed by atoms with van der Waals surface area (Å²) in [6.45, 7) is 0.222.